The molecule has 88 valence electrons. The van der Waals surface area contributed by atoms with E-state index >= 15 is 0 Å². The lowest BCUT2D eigenvalue weighted by molar-refractivity contribution is -0.388. The summed E-state index contributed by atoms with van der Waals surface area (Å²) in [5.41, 5.74) is 0. The van der Waals surface area contributed by atoms with Crippen LogP contribution in [0.25, 0.3) is 0 Å². The zero-order valence-corrected chi connectivity index (χ0v) is 9.14. The number of nitro groups is 1. The van der Waals surface area contributed by atoms with E-state index in [0.29, 0.717) is 5.82 Å². The standard InChI is InChI=1S/C9H15N5O2/c1-13-6-11-8(14(15)16)9(13)12-7-2-4-10-5-3-7/h6-7,10,12H,2-5H2,1H3. The van der Waals surface area contributed by atoms with E-state index in [-0.39, 0.29) is 11.9 Å². The number of nitrogens with zero attached hydrogens (tertiary/aromatic N) is 3. The molecule has 0 aromatic carbocycles. The van der Waals surface area contributed by atoms with E-state index in [1.54, 1.807) is 11.6 Å². The molecule has 0 amide bonds. The van der Waals surface area contributed by atoms with Gasteiger partial charge in [-0.25, -0.2) is 0 Å². The minimum atomic E-state index is -0.455. The maximum atomic E-state index is 10.8. The summed E-state index contributed by atoms with van der Waals surface area (Å²) in [6.07, 6.45) is 3.41. The number of aromatic nitrogens is 2. The molecule has 0 bridgehead atoms. The molecular formula is C9H15N5O2. The second-order valence-corrected chi connectivity index (χ2v) is 3.95. The van der Waals surface area contributed by atoms with E-state index in [4.69, 9.17) is 0 Å². The van der Waals surface area contributed by atoms with Crippen molar-refractivity contribution in [3.63, 3.8) is 0 Å². The molecule has 1 aliphatic heterocycles. The topological polar surface area (TPSA) is 85.0 Å². The molecular weight excluding hydrogens is 210 g/mol. The first-order valence-corrected chi connectivity index (χ1v) is 5.31. The van der Waals surface area contributed by atoms with Crippen LogP contribution in [-0.2, 0) is 7.05 Å². The summed E-state index contributed by atoms with van der Waals surface area (Å²) in [4.78, 5) is 14.1. The molecule has 0 spiro atoms. The zero-order chi connectivity index (χ0) is 11.5. The van der Waals surface area contributed by atoms with Crippen molar-refractivity contribution >= 4 is 11.6 Å². The molecule has 2 heterocycles. The first kappa shape index (κ1) is 10.9. The lowest BCUT2D eigenvalue weighted by Gasteiger charge is -2.24. The first-order valence-electron chi connectivity index (χ1n) is 5.31. The summed E-state index contributed by atoms with van der Waals surface area (Å²) < 4.78 is 1.65. The number of anilines is 1. The molecule has 7 nitrogen and oxygen atoms in total. The lowest BCUT2D eigenvalue weighted by atomic mass is 10.1. The molecule has 1 aromatic rings. The number of hydrogen-bond donors (Lipinski definition) is 2. The predicted octanol–water partition coefficient (Wildman–Crippen LogP) is 0.492. The highest BCUT2D eigenvalue weighted by Crippen LogP contribution is 2.23. The van der Waals surface area contributed by atoms with E-state index in [1.807, 2.05) is 0 Å². The van der Waals surface area contributed by atoms with Gasteiger partial charge >= 0.3 is 5.82 Å². The van der Waals surface area contributed by atoms with E-state index < -0.39 is 4.92 Å². The van der Waals surface area contributed by atoms with Crippen LogP contribution < -0.4 is 10.6 Å². The number of aryl methyl sites for hydroxylation is 1. The van der Waals surface area contributed by atoms with E-state index in [1.165, 1.54) is 6.33 Å². The molecule has 0 atom stereocenters. The van der Waals surface area contributed by atoms with E-state index in [2.05, 4.69) is 15.6 Å². The molecule has 2 rings (SSSR count). The average Bonchev–Trinajstić information content (AvgIpc) is 2.62. The van der Waals surface area contributed by atoms with Gasteiger partial charge in [0.05, 0.1) is 0 Å². The molecule has 16 heavy (non-hydrogen) atoms. The van der Waals surface area contributed by atoms with Crippen LogP contribution in [0.3, 0.4) is 0 Å². The number of rotatable bonds is 3. The highest BCUT2D eigenvalue weighted by Gasteiger charge is 2.23. The van der Waals surface area contributed by atoms with Crippen molar-refractivity contribution in [3.8, 4) is 0 Å². The van der Waals surface area contributed by atoms with Gasteiger partial charge in [0.15, 0.2) is 0 Å². The van der Waals surface area contributed by atoms with Crippen LogP contribution in [0, 0.1) is 10.1 Å². The molecule has 1 fully saturated rings. The third-order valence-corrected chi connectivity index (χ3v) is 2.77. The molecule has 7 heteroatoms. The Hall–Kier alpha value is -1.63. The number of imidazole rings is 1. The highest BCUT2D eigenvalue weighted by atomic mass is 16.6. The molecule has 1 aromatic heterocycles. The van der Waals surface area contributed by atoms with Gasteiger partial charge < -0.3 is 20.7 Å². The molecule has 2 N–H and O–H groups in total. The number of hydrogen-bond acceptors (Lipinski definition) is 5. The fraction of sp³-hybridized carbons (Fsp3) is 0.667. The van der Waals surface area contributed by atoms with Crippen LogP contribution in [0.4, 0.5) is 11.6 Å². The minimum absolute atomic E-state index is 0.0963. The SMILES string of the molecule is Cn1cnc([N+](=O)[O-])c1NC1CCNCC1. The second-order valence-electron chi connectivity index (χ2n) is 3.95. The number of piperidine rings is 1. The Balaban J connectivity index is 2.12. The van der Waals surface area contributed by atoms with Crippen molar-refractivity contribution in [1.82, 2.24) is 14.9 Å². The summed E-state index contributed by atoms with van der Waals surface area (Å²) in [6.45, 7) is 1.90. The average molecular weight is 225 g/mol. The van der Waals surface area contributed by atoms with Gasteiger partial charge in [-0.1, -0.05) is 0 Å². The van der Waals surface area contributed by atoms with Crippen molar-refractivity contribution in [1.29, 1.82) is 0 Å². The predicted molar refractivity (Wildman–Crippen MR) is 59.4 cm³/mol. The zero-order valence-electron chi connectivity index (χ0n) is 9.14. The highest BCUT2D eigenvalue weighted by molar-refractivity contribution is 5.52. The van der Waals surface area contributed by atoms with Crippen LogP contribution in [-0.4, -0.2) is 33.6 Å². The summed E-state index contributed by atoms with van der Waals surface area (Å²) in [5.74, 6) is 0.401. The smallest absolute Gasteiger partial charge is 0.361 e. The fourth-order valence-electron chi connectivity index (χ4n) is 1.88. The Labute approximate surface area is 93.0 Å². The Morgan fingerprint density at radius 3 is 2.94 bits per heavy atom. The summed E-state index contributed by atoms with van der Waals surface area (Å²) in [6, 6.07) is 0.287. The van der Waals surface area contributed by atoms with Gasteiger partial charge in [-0.05, 0) is 35.8 Å². The molecule has 0 radical (unpaired) electrons. The van der Waals surface area contributed by atoms with Gasteiger partial charge in [0.25, 0.3) is 0 Å². The van der Waals surface area contributed by atoms with Crippen LogP contribution >= 0.6 is 0 Å². The molecule has 0 saturated carbocycles. The first-order chi connectivity index (χ1) is 7.68. The van der Waals surface area contributed by atoms with Gasteiger partial charge in [0.1, 0.15) is 0 Å². The minimum Gasteiger partial charge on any atom is -0.361 e. The maximum Gasteiger partial charge on any atom is 0.406 e. The Morgan fingerprint density at radius 1 is 1.62 bits per heavy atom. The molecule has 1 aliphatic rings. The van der Waals surface area contributed by atoms with Gasteiger partial charge in [0, 0.05) is 13.1 Å². The Bertz CT molecular complexity index is 383. The Kier molecular flexibility index (Phi) is 3.04. The van der Waals surface area contributed by atoms with E-state index in [9.17, 15) is 10.1 Å². The van der Waals surface area contributed by atoms with Crippen LogP contribution in [0.5, 0.6) is 0 Å². The van der Waals surface area contributed by atoms with Crippen molar-refractivity contribution in [2.24, 2.45) is 7.05 Å². The van der Waals surface area contributed by atoms with Gasteiger partial charge in [-0.15, -0.1) is 0 Å². The van der Waals surface area contributed by atoms with Crippen molar-refractivity contribution in [2.75, 3.05) is 18.4 Å². The third kappa shape index (κ3) is 2.13. The van der Waals surface area contributed by atoms with Gasteiger partial charge in [-0.3, -0.25) is 4.57 Å². The largest absolute Gasteiger partial charge is 0.406 e. The van der Waals surface area contributed by atoms with Crippen LogP contribution in [0.2, 0.25) is 0 Å². The summed E-state index contributed by atoms with van der Waals surface area (Å²) in [7, 11) is 1.75. The van der Waals surface area contributed by atoms with Crippen LogP contribution in [0.15, 0.2) is 6.33 Å². The fourth-order valence-corrected chi connectivity index (χ4v) is 1.88. The molecule has 0 aliphatic carbocycles. The van der Waals surface area contributed by atoms with Gasteiger partial charge in [-0.2, -0.15) is 0 Å². The van der Waals surface area contributed by atoms with Gasteiger partial charge in [0.2, 0.25) is 12.1 Å². The molecule has 0 unspecified atom stereocenters. The Morgan fingerprint density at radius 2 is 2.31 bits per heavy atom. The second kappa shape index (κ2) is 4.48. The summed E-state index contributed by atoms with van der Waals surface area (Å²) in [5, 5.41) is 17.2. The van der Waals surface area contributed by atoms with E-state index in [0.717, 1.165) is 25.9 Å². The number of nitrogens with one attached hydrogen (secondary N) is 2. The van der Waals surface area contributed by atoms with Crippen molar-refractivity contribution in [2.45, 2.75) is 18.9 Å². The molecule has 1 saturated heterocycles. The van der Waals surface area contributed by atoms with Crippen molar-refractivity contribution < 1.29 is 4.92 Å². The lowest BCUT2D eigenvalue weighted by Crippen LogP contribution is -2.35. The summed E-state index contributed by atoms with van der Waals surface area (Å²) >= 11 is 0. The quantitative estimate of drug-likeness (QED) is 0.577. The normalized spacial score (nSPS) is 17.3. The van der Waals surface area contributed by atoms with Crippen molar-refractivity contribution in [3.05, 3.63) is 16.4 Å². The maximum absolute atomic E-state index is 10.8. The third-order valence-electron chi connectivity index (χ3n) is 2.77. The monoisotopic (exact) mass is 225 g/mol. The van der Waals surface area contributed by atoms with Crippen LogP contribution in [0.1, 0.15) is 12.8 Å².